The molecule has 132 valence electrons. The molecule has 0 bridgehead atoms. The molecular weight excluding hydrogens is 350 g/mol. The van der Waals surface area contributed by atoms with Crippen molar-refractivity contribution in [3.8, 4) is 5.75 Å². The Balaban J connectivity index is 1.81. The minimum Gasteiger partial charge on any atom is -0.496 e. The topological polar surface area (TPSA) is 72.5 Å². The molecule has 0 saturated carbocycles. The van der Waals surface area contributed by atoms with E-state index in [0.717, 1.165) is 17.3 Å². The van der Waals surface area contributed by atoms with Crippen LogP contribution < -0.4 is 10.1 Å². The van der Waals surface area contributed by atoms with E-state index in [-0.39, 0.29) is 5.78 Å². The Morgan fingerprint density at radius 3 is 2.58 bits per heavy atom. The fourth-order valence-electron chi connectivity index (χ4n) is 2.64. The van der Waals surface area contributed by atoms with Crippen LogP contribution in [-0.2, 0) is 11.2 Å². The Hall–Kier alpha value is -2.86. The van der Waals surface area contributed by atoms with Crippen LogP contribution in [0.25, 0.3) is 6.08 Å². The van der Waals surface area contributed by atoms with E-state index >= 15 is 0 Å². The standard InChI is InChI=1S/C20H17NO4S/c1-25-17-10-8-14(12-18-19(23)21-20(24)26-18)11-15(17)16(22)9-7-13-5-3-2-4-6-13/h2-6,8,10-12H,7,9H2,1H3,(H,21,23,24)/b18-12+. The SMILES string of the molecule is COc1ccc(/C=C2/SC(=O)NC2=O)cc1C(=O)CCc1ccccc1. The van der Waals surface area contributed by atoms with Crippen molar-refractivity contribution in [3.05, 3.63) is 70.1 Å². The summed E-state index contributed by atoms with van der Waals surface area (Å²) in [6.07, 6.45) is 2.59. The number of ether oxygens (including phenoxy) is 1. The van der Waals surface area contributed by atoms with Crippen molar-refractivity contribution in [2.24, 2.45) is 0 Å². The van der Waals surface area contributed by atoms with Crippen molar-refractivity contribution in [1.82, 2.24) is 5.32 Å². The first-order valence-corrected chi connectivity index (χ1v) is 8.88. The van der Waals surface area contributed by atoms with Crippen LogP contribution in [0.15, 0.2) is 53.4 Å². The summed E-state index contributed by atoms with van der Waals surface area (Å²) >= 11 is 0.846. The monoisotopic (exact) mass is 367 g/mol. The molecule has 0 atom stereocenters. The number of hydrogen-bond donors (Lipinski definition) is 1. The summed E-state index contributed by atoms with van der Waals surface area (Å²) in [5.41, 5.74) is 2.23. The van der Waals surface area contributed by atoms with Gasteiger partial charge in [-0.2, -0.15) is 0 Å². The minimum absolute atomic E-state index is 0.0365. The van der Waals surface area contributed by atoms with Gasteiger partial charge < -0.3 is 4.74 Å². The third-order valence-corrected chi connectivity index (χ3v) is 4.76. The Morgan fingerprint density at radius 2 is 1.92 bits per heavy atom. The number of rotatable bonds is 6. The number of carbonyl (C=O) groups is 3. The number of Topliss-reactive ketones (excluding diaryl/α,β-unsaturated/α-hetero) is 1. The fourth-order valence-corrected chi connectivity index (χ4v) is 3.33. The molecule has 1 fully saturated rings. The highest BCUT2D eigenvalue weighted by Crippen LogP contribution is 2.28. The Kier molecular flexibility index (Phi) is 5.53. The number of amides is 2. The van der Waals surface area contributed by atoms with Gasteiger partial charge in [0.05, 0.1) is 17.6 Å². The van der Waals surface area contributed by atoms with Gasteiger partial charge in [-0.3, -0.25) is 19.7 Å². The molecule has 1 aliphatic rings. The van der Waals surface area contributed by atoms with Gasteiger partial charge in [0.2, 0.25) is 0 Å². The third kappa shape index (κ3) is 4.21. The van der Waals surface area contributed by atoms with E-state index in [1.54, 1.807) is 24.3 Å². The quantitative estimate of drug-likeness (QED) is 0.620. The zero-order valence-corrected chi connectivity index (χ0v) is 15.0. The highest BCUT2D eigenvalue weighted by molar-refractivity contribution is 8.18. The highest BCUT2D eigenvalue weighted by atomic mass is 32.2. The van der Waals surface area contributed by atoms with E-state index in [1.807, 2.05) is 30.3 Å². The van der Waals surface area contributed by atoms with Gasteiger partial charge in [-0.1, -0.05) is 36.4 Å². The largest absolute Gasteiger partial charge is 0.496 e. The van der Waals surface area contributed by atoms with Crippen molar-refractivity contribution in [1.29, 1.82) is 0 Å². The smallest absolute Gasteiger partial charge is 0.290 e. The number of nitrogens with one attached hydrogen (secondary N) is 1. The van der Waals surface area contributed by atoms with Gasteiger partial charge in [0.25, 0.3) is 11.1 Å². The molecule has 0 radical (unpaired) electrons. The molecule has 0 unspecified atom stereocenters. The van der Waals surface area contributed by atoms with Crippen LogP contribution >= 0.6 is 11.8 Å². The van der Waals surface area contributed by atoms with Gasteiger partial charge in [-0.05, 0) is 47.5 Å². The first-order valence-electron chi connectivity index (χ1n) is 8.07. The second-order valence-corrected chi connectivity index (χ2v) is 6.74. The minimum atomic E-state index is -0.423. The first-order chi connectivity index (χ1) is 12.6. The maximum Gasteiger partial charge on any atom is 0.290 e. The predicted molar refractivity (Wildman–Crippen MR) is 101 cm³/mol. The number of hydrogen-bond acceptors (Lipinski definition) is 5. The van der Waals surface area contributed by atoms with Gasteiger partial charge in [0.1, 0.15) is 5.75 Å². The lowest BCUT2D eigenvalue weighted by Crippen LogP contribution is -2.17. The van der Waals surface area contributed by atoms with E-state index in [4.69, 9.17) is 4.74 Å². The van der Waals surface area contributed by atoms with E-state index in [0.29, 0.717) is 34.6 Å². The molecule has 0 aromatic heterocycles. The molecule has 0 aliphatic carbocycles. The molecule has 2 amide bonds. The molecule has 3 rings (SSSR count). The lowest BCUT2D eigenvalue weighted by atomic mass is 10.00. The van der Waals surface area contributed by atoms with Crippen LogP contribution in [0.2, 0.25) is 0 Å². The maximum atomic E-state index is 12.7. The lowest BCUT2D eigenvalue weighted by Gasteiger charge is -2.09. The van der Waals surface area contributed by atoms with Crippen molar-refractivity contribution in [2.45, 2.75) is 12.8 Å². The molecule has 26 heavy (non-hydrogen) atoms. The number of methoxy groups -OCH3 is 1. The van der Waals surface area contributed by atoms with Crippen LogP contribution in [-0.4, -0.2) is 24.0 Å². The van der Waals surface area contributed by atoms with Crippen molar-refractivity contribution in [3.63, 3.8) is 0 Å². The maximum absolute atomic E-state index is 12.7. The Morgan fingerprint density at radius 1 is 1.15 bits per heavy atom. The van der Waals surface area contributed by atoms with Gasteiger partial charge in [0, 0.05) is 6.42 Å². The fraction of sp³-hybridized carbons (Fsp3) is 0.150. The van der Waals surface area contributed by atoms with Crippen molar-refractivity contribution in [2.75, 3.05) is 7.11 Å². The lowest BCUT2D eigenvalue weighted by molar-refractivity contribution is -0.115. The predicted octanol–water partition coefficient (Wildman–Crippen LogP) is 3.83. The summed E-state index contributed by atoms with van der Waals surface area (Å²) in [6, 6.07) is 14.9. The number of imide groups is 1. The molecule has 1 N–H and O–H groups in total. The van der Waals surface area contributed by atoms with E-state index < -0.39 is 11.1 Å². The Bertz CT molecular complexity index is 890. The molecule has 1 saturated heterocycles. The van der Waals surface area contributed by atoms with Crippen molar-refractivity contribution < 1.29 is 19.1 Å². The number of aryl methyl sites for hydroxylation is 1. The highest BCUT2D eigenvalue weighted by Gasteiger charge is 2.25. The molecule has 6 heteroatoms. The number of thioether (sulfide) groups is 1. The van der Waals surface area contributed by atoms with Crippen LogP contribution in [0.3, 0.4) is 0 Å². The first kappa shape index (κ1) is 17.9. The van der Waals surface area contributed by atoms with Gasteiger partial charge in [-0.15, -0.1) is 0 Å². The molecule has 1 aliphatic heterocycles. The van der Waals surface area contributed by atoms with E-state index in [1.165, 1.54) is 7.11 Å². The summed E-state index contributed by atoms with van der Waals surface area (Å²) < 4.78 is 5.30. The van der Waals surface area contributed by atoms with Gasteiger partial charge >= 0.3 is 0 Å². The summed E-state index contributed by atoms with van der Waals surface area (Å²) in [6.45, 7) is 0. The zero-order chi connectivity index (χ0) is 18.5. The number of benzene rings is 2. The Labute approximate surface area is 155 Å². The van der Waals surface area contributed by atoms with Crippen LogP contribution in [0, 0.1) is 0 Å². The van der Waals surface area contributed by atoms with Crippen LogP contribution in [0.1, 0.15) is 27.9 Å². The second-order valence-electron chi connectivity index (χ2n) is 5.72. The molecule has 1 heterocycles. The number of ketones is 1. The normalized spacial score (nSPS) is 15.2. The van der Waals surface area contributed by atoms with Crippen LogP contribution in [0.4, 0.5) is 4.79 Å². The van der Waals surface area contributed by atoms with E-state index in [2.05, 4.69) is 5.32 Å². The van der Waals surface area contributed by atoms with Gasteiger partial charge in [0.15, 0.2) is 5.78 Å². The number of carbonyl (C=O) groups excluding carboxylic acids is 3. The molecule has 2 aromatic rings. The van der Waals surface area contributed by atoms with Crippen LogP contribution in [0.5, 0.6) is 5.75 Å². The average molecular weight is 367 g/mol. The summed E-state index contributed by atoms with van der Waals surface area (Å²) in [4.78, 5) is 35.9. The summed E-state index contributed by atoms with van der Waals surface area (Å²) in [5, 5.41) is 1.82. The second kappa shape index (κ2) is 8.01. The average Bonchev–Trinajstić information content (AvgIpc) is 2.97. The molecule has 2 aromatic carbocycles. The molecule has 0 spiro atoms. The third-order valence-electron chi connectivity index (χ3n) is 3.95. The summed E-state index contributed by atoms with van der Waals surface area (Å²) in [5.74, 6) is 0.0307. The zero-order valence-electron chi connectivity index (χ0n) is 14.2. The van der Waals surface area contributed by atoms with Crippen molar-refractivity contribution >= 4 is 34.8 Å². The summed E-state index contributed by atoms with van der Waals surface area (Å²) in [7, 11) is 1.51. The molecular formula is C20H17NO4S. The van der Waals surface area contributed by atoms with Gasteiger partial charge in [-0.25, -0.2) is 0 Å². The van der Waals surface area contributed by atoms with E-state index in [9.17, 15) is 14.4 Å². The molecule has 5 nitrogen and oxygen atoms in total.